The third-order valence-electron chi connectivity index (χ3n) is 0.502. The van der Waals surface area contributed by atoms with Gasteiger partial charge in [0.15, 0.2) is 0 Å². The summed E-state index contributed by atoms with van der Waals surface area (Å²) in [5.74, 6) is 0. The molecule has 0 aromatic carbocycles. The SMILES string of the molecule is CCCOS(C)(=O)=O.[H-].[Na+]. The summed E-state index contributed by atoms with van der Waals surface area (Å²) in [6, 6.07) is 0. The van der Waals surface area contributed by atoms with Crippen LogP contribution in [-0.4, -0.2) is 21.3 Å². The summed E-state index contributed by atoms with van der Waals surface area (Å²) in [5, 5.41) is 0. The van der Waals surface area contributed by atoms with Crippen molar-refractivity contribution in [3.8, 4) is 0 Å². The average Bonchev–Trinajstić information content (AvgIpc) is 1.59. The van der Waals surface area contributed by atoms with Crippen molar-refractivity contribution >= 4 is 10.1 Å². The molecule has 52 valence electrons. The molecule has 0 bridgehead atoms. The van der Waals surface area contributed by atoms with Crippen LogP contribution in [0.4, 0.5) is 0 Å². The zero-order valence-electron chi connectivity index (χ0n) is 7.05. The smallest absolute Gasteiger partial charge is 1.00 e. The van der Waals surface area contributed by atoms with Gasteiger partial charge in [-0.2, -0.15) is 8.42 Å². The maximum absolute atomic E-state index is 10.2. The van der Waals surface area contributed by atoms with Crippen molar-refractivity contribution in [1.82, 2.24) is 0 Å². The maximum Gasteiger partial charge on any atom is 1.00 e. The zero-order valence-corrected chi connectivity index (χ0v) is 8.86. The Kier molecular flexibility index (Phi) is 7.93. The van der Waals surface area contributed by atoms with E-state index in [4.69, 9.17) is 0 Å². The molecule has 0 saturated heterocycles. The topological polar surface area (TPSA) is 43.4 Å². The maximum atomic E-state index is 10.2. The van der Waals surface area contributed by atoms with E-state index in [2.05, 4.69) is 4.18 Å². The Balaban J connectivity index is -0.000000245. The fraction of sp³-hybridized carbons (Fsp3) is 1.00. The molecule has 0 spiro atoms. The Morgan fingerprint density at radius 1 is 1.56 bits per heavy atom. The molecule has 0 aromatic rings. The average molecular weight is 162 g/mol. The van der Waals surface area contributed by atoms with Gasteiger partial charge in [0.2, 0.25) is 0 Å². The van der Waals surface area contributed by atoms with E-state index in [0.29, 0.717) is 6.61 Å². The Hall–Kier alpha value is 0.910. The number of hydrogen-bond donors (Lipinski definition) is 0. The molecule has 0 radical (unpaired) electrons. The van der Waals surface area contributed by atoms with E-state index in [9.17, 15) is 8.42 Å². The molecule has 0 atom stereocenters. The molecule has 0 aliphatic rings. The largest absolute Gasteiger partial charge is 1.00 e. The molecule has 9 heavy (non-hydrogen) atoms. The van der Waals surface area contributed by atoms with Gasteiger partial charge in [0.1, 0.15) is 0 Å². The Morgan fingerprint density at radius 3 is 2.11 bits per heavy atom. The third-order valence-corrected chi connectivity index (χ3v) is 1.10. The van der Waals surface area contributed by atoms with Crippen molar-refractivity contribution in [2.45, 2.75) is 13.3 Å². The van der Waals surface area contributed by atoms with Crippen LogP contribution < -0.4 is 29.6 Å². The van der Waals surface area contributed by atoms with Gasteiger partial charge >= 0.3 is 29.6 Å². The second kappa shape index (κ2) is 5.68. The Labute approximate surface area is 79.7 Å². The van der Waals surface area contributed by atoms with Crippen LogP contribution in [0.25, 0.3) is 0 Å². The van der Waals surface area contributed by atoms with Crippen LogP contribution in [0.1, 0.15) is 14.8 Å². The summed E-state index contributed by atoms with van der Waals surface area (Å²) in [6.45, 7) is 2.14. The van der Waals surface area contributed by atoms with E-state index >= 15 is 0 Å². The second-order valence-corrected chi connectivity index (χ2v) is 3.17. The Morgan fingerprint density at radius 2 is 2.00 bits per heavy atom. The van der Waals surface area contributed by atoms with Crippen molar-refractivity contribution in [3.63, 3.8) is 0 Å². The summed E-state index contributed by atoms with van der Waals surface area (Å²) in [6.07, 6.45) is 1.77. The number of rotatable bonds is 3. The van der Waals surface area contributed by atoms with Gasteiger partial charge in [-0.25, -0.2) is 0 Å². The molecule has 5 heteroatoms. The van der Waals surface area contributed by atoms with Crippen LogP contribution in [0, 0.1) is 0 Å². The molecule has 0 rings (SSSR count). The van der Waals surface area contributed by atoms with Gasteiger partial charge in [0.05, 0.1) is 12.9 Å². The summed E-state index contributed by atoms with van der Waals surface area (Å²) in [7, 11) is -3.19. The summed E-state index contributed by atoms with van der Waals surface area (Å²) in [5.41, 5.74) is 0. The molecule has 0 aromatic heterocycles. The predicted molar refractivity (Wildman–Crippen MR) is 32.2 cm³/mol. The first-order chi connectivity index (χ1) is 3.56. The Bertz CT molecular complexity index is 145. The van der Waals surface area contributed by atoms with Crippen molar-refractivity contribution in [3.05, 3.63) is 0 Å². The van der Waals surface area contributed by atoms with Crippen LogP contribution in [0.5, 0.6) is 0 Å². The van der Waals surface area contributed by atoms with Crippen molar-refractivity contribution < 1.29 is 43.6 Å². The zero-order chi connectivity index (χ0) is 6.62. The fourth-order valence-electron chi connectivity index (χ4n) is 0.235. The molecular formula is C4H11NaO3S. The number of hydrogen-bond acceptors (Lipinski definition) is 3. The van der Waals surface area contributed by atoms with Gasteiger partial charge < -0.3 is 1.43 Å². The molecular weight excluding hydrogens is 151 g/mol. The van der Waals surface area contributed by atoms with Gasteiger partial charge in [-0.1, -0.05) is 6.92 Å². The van der Waals surface area contributed by atoms with Gasteiger partial charge in [-0.05, 0) is 6.42 Å². The first kappa shape index (κ1) is 12.6. The fourth-order valence-corrected chi connectivity index (χ4v) is 0.704. The minimum Gasteiger partial charge on any atom is -1.00 e. The third kappa shape index (κ3) is 12.2. The summed E-state index contributed by atoms with van der Waals surface area (Å²) in [4.78, 5) is 0. The van der Waals surface area contributed by atoms with Gasteiger partial charge in [-0.3, -0.25) is 4.18 Å². The van der Waals surface area contributed by atoms with Crippen molar-refractivity contribution in [2.24, 2.45) is 0 Å². The summed E-state index contributed by atoms with van der Waals surface area (Å²) >= 11 is 0. The molecule has 0 fully saturated rings. The quantitative estimate of drug-likeness (QED) is 0.340. The van der Waals surface area contributed by atoms with Crippen LogP contribution in [-0.2, 0) is 14.3 Å². The van der Waals surface area contributed by atoms with E-state index in [-0.39, 0.29) is 31.0 Å². The van der Waals surface area contributed by atoms with Gasteiger partial charge in [-0.15, -0.1) is 0 Å². The molecule has 0 unspecified atom stereocenters. The normalized spacial score (nSPS) is 10.4. The first-order valence-corrected chi connectivity index (χ1v) is 4.22. The van der Waals surface area contributed by atoms with Crippen LogP contribution in [0.3, 0.4) is 0 Å². The van der Waals surface area contributed by atoms with Crippen molar-refractivity contribution in [2.75, 3.05) is 12.9 Å². The molecule has 0 aliphatic carbocycles. The minimum absolute atomic E-state index is 0. The first-order valence-electron chi connectivity index (χ1n) is 2.40. The molecule has 3 nitrogen and oxygen atoms in total. The predicted octanol–water partition coefficient (Wildman–Crippen LogP) is -2.51. The van der Waals surface area contributed by atoms with E-state index in [1.54, 1.807) is 0 Å². The van der Waals surface area contributed by atoms with Crippen molar-refractivity contribution in [1.29, 1.82) is 0 Å². The van der Waals surface area contributed by atoms with Gasteiger partial charge in [0.25, 0.3) is 10.1 Å². The van der Waals surface area contributed by atoms with Gasteiger partial charge in [0, 0.05) is 0 Å². The van der Waals surface area contributed by atoms with Crippen LogP contribution in [0.15, 0.2) is 0 Å². The van der Waals surface area contributed by atoms with Crippen LogP contribution >= 0.6 is 0 Å². The van der Waals surface area contributed by atoms with E-state index < -0.39 is 10.1 Å². The standard InChI is InChI=1S/C4H10O3S.Na.H/c1-3-4-7-8(2,5)6;;/h3-4H2,1-2H3;;/q;+1;-1. The second-order valence-electron chi connectivity index (χ2n) is 1.53. The van der Waals surface area contributed by atoms with Crippen LogP contribution in [0.2, 0.25) is 0 Å². The van der Waals surface area contributed by atoms with E-state index in [1.165, 1.54) is 0 Å². The minimum atomic E-state index is -3.19. The summed E-state index contributed by atoms with van der Waals surface area (Å²) < 4.78 is 24.7. The molecule has 0 saturated carbocycles. The molecule has 0 heterocycles. The molecule has 0 N–H and O–H groups in total. The van der Waals surface area contributed by atoms with E-state index in [0.717, 1.165) is 12.7 Å². The molecule has 0 amide bonds. The molecule has 0 aliphatic heterocycles. The van der Waals surface area contributed by atoms with E-state index in [1.807, 2.05) is 6.92 Å². The monoisotopic (exact) mass is 162 g/mol.